The van der Waals surface area contributed by atoms with Gasteiger partial charge < -0.3 is 9.38 Å². The van der Waals surface area contributed by atoms with E-state index in [4.69, 9.17) is 8.93 Å². The number of anilines is 1. The van der Waals surface area contributed by atoms with Crippen molar-refractivity contribution >= 4 is 37.6 Å². The lowest BCUT2D eigenvalue weighted by atomic mass is 9.82. The minimum Gasteiger partial charge on any atom is -0.344 e. The molecule has 1 spiro atoms. The summed E-state index contributed by atoms with van der Waals surface area (Å²) >= 11 is 1.65. The number of hydrogen-bond donors (Lipinski definition) is 1. The van der Waals surface area contributed by atoms with Gasteiger partial charge in [0.05, 0.1) is 50.2 Å². The molecule has 1 aromatic carbocycles. The van der Waals surface area contributed by atoms with Crippen LogP contribution in [0.4, 0.5) is 5.82 Å². The van der Waals surface area contributed by atoms with Crippen molar-refractivity contribution in [3.8, 4) is 0 Å². The van der Waals surface area contributed by atoms with Gasteiger partial charge in [-0.05, 0) is 36.5 Å². The zero-order chi connectivity index (χ0) is 19.8. The Labute approximate surface area is 171 Å². The summed E-state index contributed by atoms with van der Waals surface area (Å²) in [6.07, 6.45) is 6.69. The summed E-state index contributed by atoms with van der Waals surface area (Å²) in [4.78, 5) is 2.55. The van der Waals surface area contributed by atoms with Crippen LogP contribution in [0.1, 0.15) is 25.7 Å². The minimum atomic E-state index is -3.67. The van der Waals surface area contributed by atoms with Crippen molar-refractivity contribution in [2.75, 3.05) is 50.4 Å². The molecular weight excluding hydrogens is 394 g/mol. The van der Waals surface area contributed by atoms with Gasteiger partial charge in [-0.15, -0.1) is 0 Å². The summed E-state index contributed by atoms with van der Waals surface area (Å²) in [5, 5.41) is 1.35. The van der Waals surface area contributed by atoms with Crippen molar-refractivity contribution in [1.82, 2.24) is 4.37 Å². The molecule has 6 nitrogen and oxygen atoms in total. The van der Waals surface area contributed by atoms with Crippen LogP contribution in [-0.4, -0.2) is 67.4 Å². The molecular formula is C20H30N3O3S2+. The fourth-order valence-corrected chi connectivity index (χ4v) is 6.20. The first-order chi connectivity index (χ1) is 13.3. The van der Waals surface area contributed by atoms with Gasteiger partial charge >= 0.3 is 0 Å². The molecule has 2 aromatic rings. The quantitative estimate of drug-likeness (QED) is 0.562. The van der Waals surface area contributed by atoms with E-state index in [1.165, 1.54) is 85.3 Å². The highest BCUT2D eigenvalue weighted by atomic mass is 32.2. The van der Waals surface area contributed by atoms with Crippen molar-refractivity contribution in [2.45, 2.75) is 25.7 Å². The summed E-state index contributed by atoms with van der Waals surface area (Å²) in [5.74, 6) is 3.31. The normalized spacial score (nSPS) is 26.7. The third kappa shape index (κ3) is 4.50. The number of aromatic nitrogens is 1. The molecule has 0 unspecified atom stereocenters. The molecule has 0 amide bonds. The highest BCUT2D eigenvalue weighted by Gasteiger charge is 2.47. The molecule has 1 N–H and O–H groups in total. The highest BCUT2D eigenvalue weighted by molar-refractivity contribution is 7.85. The molecule has 0 bridgehead atoms. The Kier molecular flexibility index (Phi) is 5.66. The Morgan fingerprint density at radius 2 is 1.68 bits per heavy atom. The zero-order valence-corrected chi connectivity index (χ0v) is 18.1. The lowest BCUT2D eigenvalue weighted by Gasteiger charge is -2.42. The average molecular weight is 425 g/mol. The fraction of sp³-hybridized carbons (Fsp3) is 0.650. The summed E-state index contributed by atoms with van der Waals surface area (Å²) in [5.41, 5.74) is 0. The Morgan fingerprint density at radius 1 is 1.11 bits per heavy atom. The van der Waals surface area contributed by atoms with E-state index in [0.29, 0.717) is 6.26 Å². The average Bonchev–Trinajstić information content (AvgIpc) is 3.22. The first kappa shape index (κ1) is 20.1. The first-order valence-electron chi connectivity index (χ1n) is 10.2. The van der Waals surface area contributed by atoms with Crippen LogP contribution in [0.25, 0.3) is 10.1 Å². The molecule has 5 rings (SSSR count). The number of rotatable bonds is 1. The van der Waals surface area contributed by atoms with E-state index < -0.39 is 10.1 Å². The second kappa shape index (κ2) is 7.89. The van der Waals surface area contributed by atoms with Crippen molar-refractivity contribution < 1.29 is 17.5 Å². The Bertz CT molecular complexity index is 896. The summed E-state index contributed by atoms with van der Waals surface area (Å²) < 4.78 is 33.4. The van der Waals surface area contributed by atoms with Crippen LogP contribution < -0.4 is 4.90 Å². The maximum absolute atomic E-state index is 9.19. The van der Waals surface area contributed by atoms with Crippen molar-refractivity contribution in [3.63, 3.8) is 0 Å². The van der Waals surface area contributed by atoms with Gasteiger partial charge in [0, 0.05) is 17.2 Å². The van der Waals surface area contributed by atoms with Crippen molar-refractivity contribution in [2.24, 2.45) is 11.8 Å². The third-order valence-corrected chi connectivity index (χ3v) is 7.47. The van der Waals surface area contributed by atoms with Gasteiger partial charge in [-0.25, -0.2) is 0 Å². The van der Waals surface area contributed by atoms with Gasteiger partial charge in [-0.3, -0.25) is 4.55 Å². The van der Waals surface area contributed by atoms with Gasteiger partial charge in [-0.2, -0.15) is 12.8 Å². The second-order valence-corrected chi connectivity index (χ2v) is 11.0. The van der Waals surface area contributed by atoms with Crippen molar-refractivity contribution in [1.29, 1.82) is 0 Å². The number of nitrogens with zero attached hydrogens (tertiary/aromatic N) is 3. The molecule has 3 fully saturated rings. The van der Waals surface area contributed by atoms with Crippen LogP contribution in [0.3, 0.4) is 0 Å². The van der Waals surface area contributed by atoms with E-state index in [0.717, 1.165) is 11.8 Å². The van der Waals surface area contributed by atoms with E-state index in [1.54, 1.807) is 11.5 Å². The Balaban J connectivity index is 0.000000346. The summed E-state index contributed by atoms with van der Waals surface area (Å²) in [6.45, 7) is 7.98. The van der Waals surface area contributed by atoms with E-state index in [2.05, 4.69) is 29.2 Å². The van der Waals surface area contributed by atoms with Gasteiger partial charge in [0.25, 0.3) is 10.1 Å². The summed E-state index contributed by atoms with van der Waals surface area (Å²) in [6, 6.07) is 8.69. The third-order valence-electron chi connectivity index (χ3n) is 6.66. The predicted molar refractivity (Wildman–Crippen MR) is 114 cm³/mol. The van der Waals surface area contributed by atoms with Crippen LogP contribution >= 0.6 is 11.5 Å². The molecule has 1 aliphatic carbocycles. The van der Waals surface area contributed by atoms with Gasteiger partial charge in [0.1, 0.15) is 0 Å². The lowest BCUT2D eigenvalue weighted by Crippen LogP contribution is -2.58. The number of benzene rings is 1. The fourth-order valence-electron chi connectivity index (χ4n) is 5.40. The molecule has 2 aliphatic heterocycles. The largest absolute Gasteiger partial charge is 0.344 e. The van der Waals surface area contributed by atoms with Crippen LogP contribution in [0.5, 0.6) is 0 Å². The van der Waals surface area contributed by atoms with Crippen molar-refractivity contribution in [3.05, 3.63) is 24.3 Å². The monoisotopic (exact) mass is 424 g/mol. The number of hydrogen-bond acceptors (Lipinski definition) is 5. The van der Waals surface area contributed by atoms with E-state index in [1.807, 2.05) is 0 Å². The molecule has 2 saturated heterocycles. The van der Waals surface area contributed by atoms with Gasteiger partial charge in [0.2, 0.25) is 0 Å². The molecule has 3 aliphatic rings. The molecule has 0 radical (unpaired) electrons. The maximum Gasteiger partial charge on any atom is 0.261 e. The molecule has 2 atom stereocenters. The Hall–Kier alpha value is -1.22. The van der Waals surface area contributed by atoms with E-state index in [9.17, 15) is 8.42 Å². The predicted octanol–water partition coefficient (Wildman–Crippen LogP) is 3.26. The first-order valence-corrected chi connectivity index (χ1v) is 12.8. The van der Waals surface area contributed by atoms with Crippen LogP contribution in [0, 0.1) is 11.8 Å². The maximum atomic E-state index is 9.19. The molecule has 154 valence electrons. The van der Waals surface area contributed by atoms with E-state index in [-0.39, 0.29) is 0 Å². The smallest absolute Gasteiger partial charge is 0.261 e. The summed E-state index contributed by atoms with van der Waals surface area (Å²) in [7, 11) is -3.67. The Morgan fingerprint density at radius 3 is 2.29 bits per heavy atom. The molecule has 3 heterocycles. The SMILES string of the molecule is CS(=O)(=O)O.c1ccc2c(N3CC[N+]4(CC3)C[C@@H]3CCCC[C@H]3C4)nsc2c1. The molecule has 28 heavy (non-hydrogen) atoms. The number of piperazine rings is 1. The molecule has 1 aromatic heterocycles. The van der Waals surface area contributed by atoms with E-state index >= 15 is 0 Å². The standard InChI is InChI=1S/C19H26N3S.CH4O3S/c1-2-6-16-14-22(13-15(16)5-1)11-9-21(10-12-22)19-17-7-3-4-8-18(17)23-20-19;1-5(2,3)4/h3-4,7-8,15-16H,1-2,5-6,9-14H2;1H3,(H,2,3,4)/q+1;/t15-,16-;/m0./s1. The van der Waals surface area contributed by atoms with Gasteiger partial charge in [-0.1, -0.05) is 25.0 Å². The molecule has 8 heteroatoms. The number of quaternary nitrogens is 1. The lowest BCUT2D eigenvalue weighted by molar-refractivity contribution is -0.919. The zero-order valence-electron chi connectivity index (χ0n) is 16.5. The minimum absolute atomic E-state index is 0.715. The van der Waals surface area contributed by atoms with Crippen LogP contribution in [0.15, 0.2) is 24.3 Å². The second-order valence-electron chi connectivity index (χ2n) is 8.68. The van der Waals surface area contributed by atoms with Crippen LogP contribution in [-0.2, 0) is 10.1 Å². The topological polar surface area (TPSA) is 70.5 Å². The highest BCUT2D eigenvalue weighted by Crippen LogP contribution is 2.41. The number of fused-ring (bicyclic) bond motifs is 2. The van der Waals surface area contributed by atoms with Crippen LogP contribution in [0.2, 0.25) is 0 Å². The van der Waals surface area contributed by atoms with Gasteiger partial charge in [0.15, 0.2) is 5.82 Å². The molecule has 1 saturated carbocycles.